The minimum Gasteiger partial charge on any atom is -0.489 e. The normalized spacial score (nSPS) is 12.3. The number of amides is 1. The predicted octanol–water partition coefficient (Wildman–Crippen LogP) is 2.70. The SMILES string of the molecule is C[C@H](N)C(=O)/N=C/c1ccc(OCc2cccc(F)c2)cc1. The number of nitrogens with two attached hydrogens (primary N) is 1. The molecule has 0 aromatic heterocycles. The first-order valence-corrected chi connectivity index (χ1v) is 6.85. The second-order valence-corrected chi connectivity index (χ2v) is 4.87. The van der Waals surface area contributed by atoms with Gasteiger partial charge in [0, 0.05) is 6.21 Å². The standard InChI is InChI=1S/C17H17FN2O2/c1-12(19)17(21)20-10-13-5-7-16(8-6-13)22-11-14-3-2-4-15(18)9-14/h2-10,12H,11,19H2,1H3/b20-10+/t12-/m0/s1. The smallest absolute Gasteiger partial charge is 0.262 e. The highest BCUT2D eigenvalue weighted by molar-refractivity contribution is 5.94. The second kappa shape index (κ2) is 7.47. The summed E-state index contributed by atoms with van der Waals surface area (Å²) in [5, 5.41) is 0. The molecule has 2 rings (SSSR count). The molecule has 0 fully saturated rings. The molecule has 2 aromatic carbocycles. The number of carbonyl (C=O) groups excluding carboxylic acids is 1. The summed E-state index contributed by atoms with van der Waals surface area (Å²) in [5.41, 5.74) is 6.95. The fourth-order valence-electron chi connectivity index (χ4n) is 1.70. The highest BCUT2D eigenvalue weighted by Crippen LogP contribution is 2.14. The van der Waals surface area contributed by atoms with Crippen molar-refractivity contribution in [3.8, 4) is 5.75 Å². The van der Waals surface area contributed by atoms with Crippen LogP contribution in [-0.2, 0) is 11.4 Å². The molecule has 2 aromatic rings. The van der Waals surface area contributed by atoms with E-state index in [2.05, 4.69) is 4.99 Å². The molecule has 4 nitrogen and oxygen atoms in total. The number of rotatable bonds is 5. The summed E-state index contributed by atoms with van der Waals surface area (Å²) < 4.78 is 18.6. The topological polar surface area (TPSA) is 64.7 Å². The third-order valence-corrected chi connectivity index (χ3v) is 2.91. The van der Waals surface area contributed by atoms with Crippen molar-refractivity contribution >= 4 is 12.1 Å². The van der Waals surface area contributed by atoms with Crippen LogP contribution < -0.4 is 10.5 Å². The summed E-state index contributed by atoms with van der Waals surface area (Å²) in [6.45, 7) is 1.87. The van der Waals surface area contributed by atoms with Gasteiger partial charge in [0.1, 0.15) is 18.2 Å². The van der Waals surface area contributed by atoms with Crippen molar-refractivity contribution < 1.29 is 13.9 Å². The molecule has 0 unspecified atom stereocenters. The van der Waals surface area contributed by atoms with Gasteiger partial charge in [0.2, 0.25) is 0 Å². The van der Waals surface area contributed by atoms with Crippen LogP contribution in [0.1, 0.15) is 18.1 Å². The van der Waals surface area contributed by atoms with E-state index in [4.69, 9.17) is 10.5 Å². The molecule has 0 aliphatic heterocycles. The molecule has 0 saturated heterocycles. The quantitative estimate of drug-likeness (QED) is 0.863. The Bertz CT molecular complexity index is 667. The lowest BCUT2D eigenvalue weighted by molar-refractivity contribution is -0.118. The average molecular weight is 300 g/mol. The van der Waals surface area contributed by atoms with Crippen LogP contribution in [0.5, 0.6) is 5.75 Å². The number of hydrogen-bond donors (Lipinski definition) is 1. The van der Waals surface area contributed by atoms with E-state index in [1.807, 2.05) is 0 Å². The molecule has 1 atom stereocenters. The third-order valence-electron chi connectivity index (χ3n) is 2.91. The molecule has 22 heavy (non-hydrogen) atoms. The van der Waals surface area contributed by atoms with E-state index in [0.29, 0.717) is 5.75 Å². The van der Waals surface area contributed by atoms with E-state index in [0.717, 1.165) is 11.1 Å². The van der Waals surface area contributed by atoms with Gasteiger partial charge in [-0.3, -0.25) is 4.79 Å². The van der Waals surface area contributed by atoms with Crippen molar-refractivity contribution in [2.75, 3.05) is 0 Å². The first-order chi connectivity index (χ1) is 10.5. The summed E-state index contributed by atoms with van der Waals surface area (Å²) in [5.74, 6) is -0.00202. The predicted molar refractivity (Wildman–Crippen MR) is 83.4 cm³/mol. The highest BCUT2D eigenvalue weighted by Gasteiger charge is 2.03. The zero-order chi connectivity index (χ0) is 15.9. The van der Waals surface area contributed by atoms with Crippen LogP contribution in [-0.4, -0.2) is 18.2 Å². The summed E-state index contributed by atoms with van der Waals surface area (Å²) in [7, 11) is 0. The lowest BCUT2D eigenvalue weighted by Gasteiger charge is -2.06. The largest absolute Gasteiger partial charge is 0.489 e. The molecule has 0 aliphatic rings. The maximum absolute atomic E-state index is 13.0. The number of benzene rings is 2. The molecule has 0 bridgehead atoms. The summed E-state index contributed by atoms with van der Waals surface area (Å²) in [4.78, 5) is 15.0. The molecule has 0 radical (unpaired) electrons. The van der Waals surface area contributed by atoms with Gasteiger partial charge in [0.25, 0.3) is 5.91 Å². The van der Waals surface area contributed by atoms with Crippen molar-refractivity contribution in [2.24, 2.45) is 10.7 Å². The van der Waals surface area contributed by atoms with Gasteiger partial charge in [-0.15, -0.1) is 0 Å². The maximum Gasteiger partial charge on any atom is 0.262 e. The highest BCUT2D eigenvalue weighted by atomic mass is 19.1. The second-order valence-electron chi connectivity index (χ2n) is 4.87. The van der Waals surface area contributed by atoms with Crippen LogP contribution in [0.2, 0.25) is 0 Å². The zero-order valence-corrected chi connectivity index (χ0v) is 12.2. The molecule has 5 heteroatoms. The minimum atomic E-state index is -0.606. The first kappa shape index (κ1) is 15.9. The van der Waals surface area contributed by atoms with Gasteiger partial charge in [0.15, 0.2) is 0 Å². The number of nitrogens with zero attached hydrogens (tertiary/aromatic N) is 1. The lowest BCUT2D eigenvalue weighted by atomic mass is 10.2. The fourth-order valence-corrected chi connectivity index (χ4v) is 1.70. The van der Waals surface area contributed by atoms with Gasteiger partial charge >= 0.3 is 0 Å². The maximum atomic E-state index is 13.0. The zero-order valence-electron chi connectivity index (χ0n) is 12.2. The van der Waals surface area contributed by atoms with E-state index in [1.165, 1.54) is 18.3 Å². The van der Waals surface area contributed by atoms with Crippen molar-refractivity contribution in [1.82, 2.24) is 0 Å². The minimum absolute atomic E-state index is 0.286. The van der Waals surface area contributed by atoms with Crippen LogP contribution in [0.4, 0.5) is 4.39 Å². The molecule has 0 heterocycles. The van der Waals surface area contributed by atoms with E-state index in [1.54, 1.807) is 43.3 Å². The average Bonchev–Trinajstić information content (AvgIpc) is 2.51. The molecule has 0 aliphatic carbocycles. The van der Waals surface area contributed by atoms with E-state index in [9.17, 15) is 9.18 Å². The molecule has 0 saturated carbocycles. The van der Waals surface area contributed by atoms with Crippen molar-refractivity contribution in [1.29, 1.82) is 0 Å². The number of aliphatic imine (C=N–C) groups is 1. The van der Waals surface area contributed by atoms with Crippen LogP contribution in [0.3, 0.4) is 0 Å². The van der Waals surface area contributed by atoms with Crippen molar-refractivity contribution in [3.05, 3.63) is 65.5 Å². The Balaban J connectivity index is 1.93. The fraction of sp³-hybridized carbons (Fsp3) is 0.176. The van der Waals surface area contributed by atoms with E-state index in [-0.39, 0.29) is 18.3 Å². The number of ether oxygens (including phenoxy) is 1. The van der Waals surface area contributed by atoms with Crippen LogP contribution in [0.25, 0.3) is 0 Å². The summed E-state index contributed by atoms with van der Waals surface area (Å²) >= 11 is 0. The Labute approximate surface area is 128 Å². The van der Waals surface area contributed by atoms with Gasteiger partial charge in [-0.05, 0) is 54.4 Å². The van der Waals surface area contributed by atoms with Crippen molar-refractivity contribution in [2.45, 2.75) is 19.6 Å². The van der Waals surface area contributed by atoms with Crippen LogP contribution in [0, 0.1) is 5.82 Å². The van der Waals surface area contributed by atoms with Crippen LogP contribution in [0.15, 0.2) is 53.5 Å². The number of carbonyl (C=O) groups is 1. The third kappa shape index (κ3) is 4.79. The van der Waals surface area contributed by atoms with E-state index < -0.39 is 6.04 Å². The molecule has 1 amide bonds. The van der Waals surface area contributed by atoms with Crippen molar-refractivity contribution in [3.63, 3.8) is 0 Å². The molecular weight excluding hydrogens is 283 g/mol. The molecule has 2 N–H and O–H groups in total. The summed E-state index contributed by atoms with van der Waals surface area (Å²) in [6, 6.07) is 12.7. The first-order valence-electron chi connectivity index (χ1n) is 6.85. The van der Waals surface area contributed by atoms with E-state index >= 15 is 0 Å². The molecule has 114 valence electrons. The van der Waals surface area contributed by atoms with Gasteiger partial charge < -0.3 is 10.5 Å². The Kier molecular flexibility index (Phi) is 5.38. The van der Waals surface area contributed by atoms with Crippen LogP contribution >= 0.6 is 0 Å². The van der Waals surface area contributed by atoms with Gasteiger partial charge in [-0.2, -0.15) is 0 Å². The number of hydrogen-bond acceptors (Lipinski definition) is 3. The molecular formula is C17H17FN2O2. The Morgan fingerprint density at radius 3 is 2.68 bits per heavy atom. The monoisotopic (exact) mass is 300 g/mol. The Hall–Kier alpha value is -2.53. The lowest BCUT2D eigenvalue weighted by Crippen LogP contribution is -2.24. The number of halogens is 1. The summed E-state index contributed by atoms with van der Waals surface area (Å²) in [6.07, 6.45) is 1.46. The van der Waals surface area contributed by atoms with Gasteiger partial charge in [0.05, 0.1) is 6.04 Å². The Morgan fingerprint density at radius 1 is 1.32 bits per heavy atom. The van der Waals surface area contributed by atoms with Gasteiger partial charge in [-0.25, -0.2) is 9.38 Å². The molecule has 0 spiro atoms. The van der Waals surface area contributed by atoms with Gasteiger partial charge in [-0.1, -0.05) is 12.1 Å². The Morgan fingerprint density at radius 2 is 2.05 bits per heavy atom.